The molecule has 1 fully saturated rings. The second-order valence-corrected chi connectivity index (χ2v) is 6.07. The Morgan fingerprint density at radius 3 is 2.95 bits per heavy atom. The van der Waals surface area contributed by atoms with Crippen LogP contribution in [0.5, 0.6) is 0 Å². The molecule has 1 aliphatic heterocycles. The van der Waals surface area contributed by atoms with Gasteiger partial charge in [-0.2, -0.15) is 0 Å². The molecule has 7 heteroatoms. The van der Waals surface area contributed by atoms with E-state index < -0.39 is 0 Å². The van der Waals surface area contributed by atoms with Crippen LogP contribution in [0.15, 0.2) is 30.3 Å². The number of anilines is 1. The summed E-state index contributed by atoms with van der Waals surface area (Å²) in [5, 5.41) is 15.3. The zero-order chi connectivity index (χ0) is 15.2. The minimum absolute atomic E-state index is 0.117. The van der Waals surface area contributed by atoms with Gasteiger partial charge in [-0.1, -0.05) is 41.7 Å². The van der Waals surface area contributed by atoms with Gasteiger partial charge < -0.3 is 10.1 Å². The summed E-state index contributed by atoms with van der Waals surface area (Å²) in [7, 11) is 0. The van der Waals surface area contributed by atoms with Crippen LogP contribution < -0.4 is 10.6 Å². The Hall–Kier alpha value is -1.83. The molecule has 0 bridgehead atoms. The summed E-state index contributed by atoms with van der Waals surface area (Å²) >= 11 is 1.37. The summed E-state index contributed by atoms with van der Waals surface area (Å²) in [6.07, 6.45) is 2.40. The zero-order valence-corrected chi connectivity index (χ0v) is 12.9. The number of carbonyl (C=O) groups excluding carboxylic acids is 1. The van der Waals surface area contributed by atoms with Gasteiger partial charge >= 0.3 is 0 Å². The van der Waals surface area contributed by atoms with Gasteiger partial charge in [0.25, 0.3) is 0 Å². The SMILES string of the molecule is O=C(CNC[C@H]1CCCO1)Nc1nnc(-c2ccccc2)s1. The number of hydrogen-bond acceptors (Lipinski definition) is 6. The lowest BCUT2D eigenvalue weighted by molar-refractivity contribution is -0.115. The molecule has 1 aromatic heterocycles. The van der Waals surface area contributed by atoms with E-state index in [0.717, 1.165) is 30.0 Å². The van der Waals surface area contributed by atoms with Gasteiger partial charge in [0.05, 0.1) is 12.6 Å². The molecule has 0 aliphatic carbocycles. The number of nitrogens with one attached hydrogen (secondary N) is 2. The predicted octanol–water partition coefficient (Wildman–Crippen LogP) is 1.91. The van der Waals surface area contributed by atoms with E-state index in [0.29, 0.717) is 11.7 Å². The van der Waals surface area contributed by atoms with Gasteiger partial charge in [-0.05, 0) is 12.8 Å². The molecule has 1 amide bonds. The molecule has 3 rings (SSSR count). The number of rotatable bonds is 6. The van der Waals surface area contributed by atoms with Crippen LogP contribution >= 0.6 is 11.3 Å². The van der Waals surface area contributed by atoms with Crippen LogP contribution in [0.1, 0.15) is 12.8 Å². The molecule has 0 spiro atoms. The topological polar surface area (TPSA) is 76.1 Å². The molecule has 0 radical (unpaired) electrons. The van der Waals surface area contributed by atoms with E-state index in [9.17, 15) is 4.79 Å². The van der Waals surface area contributed by atoms with Crippen molar-refractivity contribution in [2.45, 2.75) is 18.9 Å². The Bertz CT molecular complexity index is 611. The number of benzene rings is 1. The van der Waals surface area contributed by atoms with Crippen molar-refractivity contribution >= 4 is 22.4 Å². The minimum atomic E-state index is -0.117. The molecule has 6 nitrogen and oxygen atoms in total. The van der Waals surface area contributed by atoms with Crippen molar-refractivity contribution in [1.82, 2.24) is 15.5 Å². The minimum Gasteiger partial charge on any atom is -0.377 e. The highest BCUT2D eigenvalue weighted by Gasteiger charge is 2.15. The van der Waals surface area contributed by atoms with E-state index in [1.54, 1.807) is 0 Å². The largest absolute Gasteiger partial charge is 0.377 e. The van der Waals surface area contributed by atoms with Gasteiger partial charge in [0, 0.05) is 18.7 Å². The monoisotopic (exact) mass is 318 g/mol. The van der Waals surface area contributed by atoms with Crippen LogP contribution in [0.3, 0.4) is 0 Å². The van der Waals surface area contributed by atoms with Crippen LogP contribution in [0, 0.1) is 0 Å². The molecule has 1 aromatic carbocycles. The van der Waals surface area contributed by atoms with Gasteiger partial charge in [0.2, 0.25) is 11.0 Å². The van der Waals surface area contributed by atoms with Crippen LogP contribution in [0.25, 0.3) is 10.6 Å². The Kier molecular flexibility index (Phi) is 5.10. The third kappa shape index (κ3) is 4.09. The summed E-state index contributed by atoms with van der Waals surface area (Å²) in [5.74, 6) is -0.117. The van der Waals surface area contributed by atoms with Gasteiger partial charge in [0.15, 0.2) is 0 Å². The van der Waals surface area contributed by atoms with E-state index in [1.165, 1.54) is 11.3 Å². The number of amides is 1. The molecule has 1 atom stereocenters. The van der Waals surface area contributed by atoms with Crippen molar-refractivity contribution in [1.29, 1.82) is 0 Å². The van der Waals surface area contributed by atoms with E-state index in [4.69, 9.17) is 4.74 Å². The first kappa shape index (κ1) is 15.1. The van der Waals surface area contributed by atoms with E-state index in [-0.39, 0.29) is 18.6 Å². The lowest BCUT2D eigenvalue weighted by Gasteiger charge is -2.09. The molecule has 2 N–H and O–H groups in total. The smallest absolute Gasteiger partial charge is 0.240 e. The highest BCUT2D eigenvalue weighted by Crippen LogP contribution is 2.25. The predicted molar refractivity (Wildman–Crippen MR) is 85.8 cm³/mol. The standard InChI is InChI=1S/C15H18N4O2S/c20-13(10-16-9-12-7-4-8-21-12)17-15-19-18-14(22-15)11-5-2-1-3-6-11/h1-3,5-6,12,16H,4,7-10H2,(H,17,19,20)/t12-/m1/s1. The van der Waals surface area contributed by atoms with Crippen molar-refractivity contribution in [3.8, 4) is 10.6 Å². The second kappa shape index (κ2) is 7.44. The number of nitrogens with zero attached hydrogens (tertiary/aromatic N) is 2. The maximum Gasteiger partial charge on any atom is 0.240 e. The molecular weight excluding hydrogens is 300 g/mol. The lowest BCUT2D eigenvalue weighted by atomic mass is 10.2. The van der Waals surface area contributed by atoms with Crippen molar-refractivity contribution in [3.63, 3.8) is 0 Å². The maximum absolute atomic E-state index is 11.9. The number of hydrogen-bond donors (Lipinski definition) is 2. The van der Waals surface area contributed by atoms with Gasteiger partial charge in [-0.15, -0.1) is 10.2 Å². The van der Waals surface area contributed by atoms with Crippen molar-refractivity contribution < 1.29 is 9.53 Å². The van der Waals surface area contributed by atoms with Crippen LogP contribution in [0.4, 0.5) is 5.13 Å². The fraction of sp³-hybridized carbons (Fsp3) is 0.400. The number of carbonyl (C=O) groups is 1. The summed E-state index contributed by atoms with van der Waals surface area (Å²) < 4.78 is 5.49. The summed E-state index contributed by atoms with van der Waals surface area (Å²) in [5.41, 5.74) is 0.997. The molecule has 1 aliphatic rings. The van der Waals surface area contributed by atoms with Gasteiger partial charge in [-0.25, -0.2) is 0 Å². The molecular formula is C15H18N4O2S. The van der Waals surface area contributed by atoms with E-state index in [1.807, 2.05) is 30.3 Å². The highest BCUT2D eigenvalue weighted by molar-refractivity contribution is 7.18. The second-order valence-electron chi connectivity index (χ2n) is 5.09. The first-order chi connectivity index (χ1) is 10.8. The van der Waals surface area contributed by atoms with Gasteiger partial charge in [0.1, 0.15) is 5.01 Å². The Labute approximate surface area is 132 Å². The summed E-state index contributed by atoms with van der Waals surface area (Å²) in [6.45, 7) is 1.78. The molecule has 1 saturated heterocycles. The molecule has 2 aromatic rings. The van der Waals surface area contributed by atoms with Crippen LogP contribution in [0.2, 0.25) is 0 Å². The summed E-state index contributed by atoms with van der Waals surface area (Å²) in [6, 6.07) is 9.78. The van der Waals surface area contributed by atoms with Crippen LogP contribution in [-0.2, 0) is 9.53 Å². The molecule has 116 valence electrons. The quantitative estimate of drug-likeness (QED) is 0.851. The fourth-order valence-corrected chi connectivity index (χ4v) is 3.05. The van der Waals surface area contributed by atoms with Crippen LogP contribution in [-0.4, -0.2) is 41.9 Å². The average Bonchev–Trinajstić information content (AvgIpc) is 3.20. The average molecular weight is 318 g/mol. The molecule has 0 saturated carbocycles. The number of ether oxygens (including phenoxy) is 1. The third-order valence-corrected chi connectivity index (χ3v) is 4.26. The Morgan fingerprint density at radius 1 is 1.32 bits per heavy atom. The van der Waals surface area contributed by atoms with E-state index >= 15 is 0 Å². The maximum atomic E-state index is 11.9. The summed E-state index contributed by atoms with van der Waals surface area (Å²) in [4.78, 5) is 11.9. The fourth-order valence-electron chi connectivity index (χ4n) is 2.29. The van der Waals surface area contributed by atoms with Gasteiger partial charge in [-0.3, -0.25) is 10.1 Å². The first-order valence-corrected chi connectivity index (χ1v) is 8.14. The van der Waals surface area contributed by atoms with E-state index in [2.05, 4.69) is 20.8 Å². The van der Waals surface area contributed by atoms with Crippen molar-refractivity contribution in [3.05, 3.63) is 30.3 Å². The molecule has 2 heterocycles. The van der Waals surface area contributed by atoms with Crippen molar-refractivity contribution in [2.75, 3.05) is 25.0 Å². The Balaban J connectivity index is 1.46. The highest BCUT2D eigenvalue weighted by atomic mass is 32.1. The normalized spacial score (nSPS) is 17.5. The molecule has 0 unspecified atom stereocenters. The first-order valence-electron chi connectivity index (χ1n) is 7.32. The Morgan fingerprint density at radius 2 is 2.18 bits per heavy atom. The zero-order valence-electron chi connectivity index (χ0n) is 12.1. The number of aromatic nitrogens is 2. The lowest BCUT2D eigenvalue weighted by Crippen LogP contribution is -2.33. The molecule has 22 heavy (non-hydrogen) atoms. The third-order valence-electron chi connectivity index (χ3n) is 3.37. The van der Waals surface area contributed by atoms with Crippen molar-refractivity contribution in [2.24, 2.45) is 0 Å².